The summed E-state index contributed by atoms with van der Waals surface area (Å²) in [6, 6.07) is 0. The number of unbranched alkanes of at least 4 members (excludes halogenated alkanes) is 1. The standard InChI is InChI=1S/C36H62O3/c1-8-10-14-27(9-2)24-38-34(37)39-29-19-21-35(6)28(23-29)15-16-30-32-18-17-31(26(5)13-11-12-25(3)4)36(32,7)22-20-33(30)35/h15,25-27,29-33H,8-14,16-24H2,1-7H3/t26-,27?,29+,30+,31-,32+,33+,35+,36-/m1/s1. The maximum absolute atomic E-state index is 12.6. The largest absolute Gasteiger partial charge is 0.508 e. The van der Waals surface area contributed by atoms with Gasteiger partial charge in [-0.25, -0.2) is 4.79 Å². The third-order valence-electron chi connectivity index (χ3n) is 12.5. The molecule has 0 aromatic rings. The number of carbonyl (C=O) groups is 1. The molecular formula is C36H62O3. The van der Waals surface area contributed by atoms with Crippen LogP contribution in [0, 0.1) is 52.3 Å². The summed E-state index contributed by atoms with van der Waals surface area (Å²) in [6.07, 6.45) is 21.0. The van der Waals surface area contributed by atoms with Gasteiger partial charge >= 0.3 is 6.16 Å². The van der Waals surface area contributed by atoms with Crippen LogP contribution in [0.1, 0.15) is 145 Å². The van der Waals surface area contributed by atoms with Crippen molar-refractivity contribution in [3.63, 3.8) is 0 Å². The van der Waals surface area contributed by atoms with Crippen LogP contribution in [0.25, 0.3) is 0 Å². The predicted molar refractivity (Wildman–Crippen MR) is 163 cm³/mol. The van der Waals surface area contributed by atoms with Crippen molar-refractivity contribution in [3.05, 3.63) is 11.6 Å². The average Bonchev–Trinajstić information content (AvgIpc) is 3.26. The SMILES string of the molecule is CCCCC(CC)COC(=O)O[C@H]1CC[C@@]2(C)C(=CC[C@H]3[C@@H]4CC[C@H]([C@H](C)CCCC(C)C)[C@@]4(C)CC[C@@H]32)C1. The highest BCUT2D eigenvalue weighted by molar-refractivity contribution is 5.60. The monoisotopic (exact) mass is 542 g/mol. The molecular weight excluding hydrogens is 480 g/mol. The zero-order valence-electron chi connectivity index (χ0n) is 26.7. The smallest absolute Gasteiger partial charge is 0.434 e. The third-order valence-corrected chi connectivity index (χ3v) is 12.5. The quantitative estimate of drug-likeness (QED) is 0.182. The Morgan fingerprint density at radius 1 is 0.974 bits per heavy atom. The highest BCUT2D eigenvalue weighted by Gasteiger charge is 2.59. The summed E-state index contributed by atoms with van der Waals surface area (Å²) in [7, 11) is 0. The predicted octanol–water partition coefficient (Wildman–Crippen LogP) is 10.8. The van der Waals surface area contributed by atoms with Crippen LogP contribution < -0.4 is 0 Å². The summed E-state index contributed by atoms with van der Waals surface area (Å²) in [5.41, 5.74) is 2.42. The molecule has 0 saturated heterocycles. The van der Waals surface area contributed by atoms with Gasteiger partial charge in [-0.2, -0.15) is 0 Å². The van der Waals surface area contributed by atoms with E-state index in [-0.39, 0.29) is 6.10 Å². The molecule has 3 heteroatoms. The van der Waals surface area contributed by atoms with Crippen LogP contribution in [0.3, 0.4) is 0 Å². The number of fused-ring (bicyclic) bond motifs is 5. The molecule has 0 bridgehead atoms. The van der Waals surface area contributed by atoms with E-state index in [1.807, 2.05) is 0 Å². The molecule has 0 aromatic carbocycles. The van der Waals surface area contributed by atoms with Gasteiger partial charge in [-0.15, -0.1) is 0 Å². The van der Waals surface area contributed by atoms with Gasteiger partial charge in [0.2, 0.25) is 0 Å². The molecule has 0 spiro atoms. The summed E-state index contributed by atoms with van der Waals surface area (Å²) >= 11 is 0. The van der Waals surface area contributed by atoms with Gasteiger partial charge in [0.15, 0.2) is 0 Å². The molecule has 0 N–H and O–H groups in total. The van der Waals surface area contributed by atoms with Crippen LogP contribution >= 0.6 is 0 Å². The molecule has 224 valence electrons. The lowest BCUT2D eigenvalue weighted by atomic mass is 9.47. The lowest BCUT2D eigenvalue weighted by Gasteiger charge is -2.58. The van der Waals surface area contributed by atoms with E-state index in [0.29, 0.717) is 23.4 Å². The molecule has 3 fully saturated rings. The number of rotatable bonds is 12. The average molecular weight is 543 g/mol. The minimum atomic E-state index is -0.444. The fourth-order valence-electron chi connectivity index (χ4n) is 10.0. The van der Waals surface area contributed by atoms with E-state index >= 15 is 0 Å². The van der Waals surface area contributed by atoms with Gasteiger partial charge in [-0.3, -0.25) is 0 Å². The topological polar surface area (TPSA) is 35.5 Å². The number of hydrogen-bond donors (Lipinski definition) is 0. The van der Waals surface area contributed by atoms with E-state index in [2.05, 4.69) is 54.5 Å². The number of ether oxygens (including phenoxy) is 2. The Hall–Kier alpha value is -0.990. The highest BCUT2D eigenvalue weighted by Crippen LogP contribution is 2.67. The van der Waals surface area contributed by atoms with Crippen LogP contribution in [0.2, 0.25) is 0 Å². The van der Waals surface area contributed by atoms with Crippen molar-refractivity contribution < 1.29 is 14.3 Å². The van der Waals surface area contributed by atoms with E-state index in [4.69, 9.17) is 9.47 Å². The number of hydrogen-bond acceptors (Lipinski definition) is 3. The van der Waals surface area contributed by atoms with Crippen LogP contribution in [0.15, 0.2) is 11.6 Å². The van der Waals surface area contributed by atoms with Crippen molar-refractivity contribution in [2.45, 2.75) is 151 Å². The first-order valence-electron chi connectivity index (χ1n) is 17.1. The summed E-state index contributed by atoms with van der Waals surface area (Å²) in [4.78, 5) is 12.6. The molecule has 1 unspecified atom stereocenters. The Morgan fingerprint density at radius 2 is 1.77 bits per heavy atom. The zero-order valence-corrected chi connectivity index (χ0v) is 26.7. The summed E-state index contributed by atoms with van der Waals surface area (Å²) in [5, 5.41) is 0. The third kappa shape index (κ3) is 6.74. The lowest BCUT2D eigenvalue weighted by Crippen LogP contribution is -2.51. The minimum absolute atomic E-state index is 0.0134. The van der Waals surface area contributed by atoms with E-state index < -0.39 is 6.16 Å². The molecule has 39 heavy (non-hydrogen) atoms. The number of carbonyl (C=O) groups excluding carboxylic acids is 1. The second kappa shape index (κ2) is 13.3. The molecule has 0 aromatic heterocycles. The van der Waals surface area contributed by atoms with Crippen LogP contribution in [-0.2, 0) is 9.47 Å². The van der Waals surface area contributed by atoms with Gasteiger partial charge in [0.25, 0.3) is 0 Å². The van der Waals surface area contributed by atoms with Crippen LogP contribution in [0.4, 0.5) is 4.79 Å². The fourth-order valence-corrected chi connectivity index (χ4v) is 10.0. The van der Waals surface area contributed by atoms with Crippen molar-refractivity contribution in [3.8, 4) is 0 Å². The molecule has 0 amide bonds. The summed E-state index contributed by atoms with van der Waals surface area (Å²) in [5.74, 6) is 5.63. The minimum Gasteiger partial charge on any atom is -0.434 e. The first-order chi connectivity index (χ1) is 18.6. The molecule has 4 aliphatic carbocycles. The Kier molecular flexibility index (Phi) is 10.6. The second-order valence-electron chi connectivity index (χ2n) is 15.2. The molecule has 4 rings (SSSR count). The molecule has 4 aliphatic rings. The first-order valence-corrected chi connectivity index (χ1v) is 17.1. The maximum atomic E-state index is 12.6. The van der Waals surface area contributed by atoms with Gasteiger partial charge < -0.3 is 9.47 Å². The zero-order chi connectivity index (χ0) is 28.2. The Morgan fingerprint density at radius 3 is 2.49 bits per heavy atom. The van der Waals surface area contributed by atoms with Crippen molar-refractivity contribution >= 4 is 6.16 Å². The molecule has 3 saturated carbocycles. The van der Waals surface area contributed by atoms with Gasteiger partial charge in [0.05, 0.1) is 6.61 Å². The van der Waals surface area contributed by atoms with Crippen LogP contribution in [-0.4, -0.2) is 18.9 Å². The maximum Gasteiger partial charge on any atom is 0.508 e. The molecule has 0 aliphatic heterocycles. The Labute approximate surface area is 241 Å². The van der Waals surface area contributed by atoms with Crippen molar-refractivity contribution in [1.29, 1.82) is 0 Å². The normalized spacial score (nSPS) is 37.3. The second-order valence-corrected chi connectivity index (χ2v) is 15.2. The Balaban J connectivity index is 1.34. The van der Waals surface area contributed by atoms with E-state index in [9.17, 15) is 4.79 Å². The Bertz CT molecular complexity index is 831. The summed E-state index contributed by atoms with van der Waals surface area (Å²) in [6.45, 7) is 17.5. The fraction of sp³-hybridized carbons (Fsp3) is 0.917. The first kappa shape index (κ1) is 31.0. The van der Waals surface area contributed by atoms with Gasteiger partial charge in [0.1, 0.15) is 6.10 Å². The van der Waals surface area contributed by atoms with E-state index in [1.165, 1.54) is 64.2 Å². The molecule has 3 nitrogen and oxygen atoms in total. The highest BCUT2D eigenvalue weighted by atomic mass is 16.7. The van der Waals surface area contributed by atoms with Crippen LogP contribution in [0.5, 0.6) is 0 Å². The lowest BCUT2D eigenvalue weighted by molar-refractivity contribution is -0.0622. The van der Waals surface area contributed by atoms with E-state index in [1.54, 1.807) is 5.57 Å². The van der Waals surface area contributed by atoms with E-state index in [0.717, 1.165) is 67.6 Å². The number of allylic oxidation sites excluding steroid dienone is 1. The summed E-state index contributed by atoms with van der Waals surface area (Å²) < 4.78 is 11.5. The van der Waals surface area contributed by atoms with Crippen molar-refractivity contribution in [2.24, 2.45) is 52.3 Å². The van der Waals surface area contributed by atoms with Crippen molar-refractivity contribution in [2.75, 3.05) is 6.61 Å². The van der Waals surface area contributed by atoms with Gasteiger partial charge in [-0.1, -0.05) is 98.6 Å². The molecule has 0 radical (unpaired) electrons. The van der Waals surface area contributed by atoms with Gasteiger partial charge in [0, 0.05) is 6.42 Å². The van der Waals surface area contributed by atoms with Crippen molar-refractivity contribution in [1.82, 2.24) is 0 Å². The molecule has 0 heterocycles. The van der Waals surface area contributed by atoms with Gasteiger partial charge in [-0.05, 0) is 104 Å². The molecule has 9 atom stereocenters.